The Hall–Kier alpha value is -1.15. The van der Waals surface area contributed by atoms with E-state index in [2.05, 4.69) is 15.5 Å². The van der Waals surface area contributed by atoms with Crippen molar-refractivity contribution in [1.29, 1.82) is 0 Å². The smallest absolute Gasteiger partial charge is 0.281 e. The van der Waals surface area contributed by atoms with E-state index < -0.39 is 0 Å². The van der Waals surface area contributed by atoms with Gasteiger partial charge in [-0.3, -0.25) is 9.59 Å². The molecule has 1 aromatic rings. The molecule has 1 aromatic heterocycles. The highest BCUT2D eigenvalue weighted by Gasteiger charge is 2.21. The third kappa shape index (κ3) is 3.42. The van der Waals surface area contributed by atoms with Crippen molar-refractivity contribution >= 4 is 39.4 Å². The van der Waals surface area contributed by atoms with Crippen molar-refractivity contribution < 1.29 is 9.59 Å². The molecule has 0 bridgehead atoms. The number of hydrogen-bond acceptors (Lipinski definition) is 6. The van der Waals surface area contributed by atoms with Crippen molar-refractivity contribution in [3.05, 3.63) is 5.01 Å². The maximum absolute atomic E-state index is 11.7. The molecule has 0 unspecified atom stereocenters. The predicted molar refractivity (Wildman–Crippen MR) is 72.0 cm³/mol. The van der Waals surface area contributed by atoms with Gasteiger partial charge in [0.05, 0.1) is 0 Å². The van der Waals surface area contributed by atoms with Crippen LogP contribution in [0.2, 0.25) is 0 Å². The minimum atomic E-state index is -0.126. The fourth-order valence-electron chi connectivity index (χ4n) is 1.49. The third-order valence-electron chi connectivity index (χ3n) is 2.47. The van der Waals surface area contributed by atoms with Crippen LogP contribution >= 0.6 is 23.1 Å². The molecule has 2 amide bonds. The molecule has 0 radical (unpaired) electrons. The second-order valence-electron chi connectivity index (χ2n) is 3.75. The summed E-state index contributed by atoms with van der Waals surface area (Å²) in [5.74, 6) is 0.690. The molecule has 1 N–H and O–H groups in total. The number of hydrogen-bond donors (Lipinski definition) is 1. The van der Waals surface area contributed by atoms with Crippen LogP contribution in [0.4, 0.5) is 9.93 Å². The van der Waals surface area contributed by atoms with Gasteiger partial charge in [-0.25, -0.2) is 0 Å². The number of thioether (sulfide) groups is 1. The second-order valence-corrected chi connectivity index (χ2v) is 5.86. The summed E-state index contributed by atoms with van der Waals surface area (Å²) >= 11 is 2.68. The first-order chi connectivity index (χ1) is 8.69. The highest BCUT2D eigenvalue weighted by molar-refractivity contribution is 8.13. The number of carbonyl (C=O) groups excluding carboxylic acids is 2. The fraction of sp³-hybridized carbons (Fsp3) is 0.600. The van der Waals surface area contributed by atoms with Gasteiger partial charge in [-0.05, 0) is 6.42 Å². The molecule has 98 valence electrons. The quantitative estimate of drug-likeness (QED) is 0.889. The number of anilines is 1. The van der Waals surface area contributed by atoms with Crippen LogP contribution in [0.1, 0.15) is 18.4 Å². The Bertz CT molecular complexity index is 449. The van der Waals surface area contributed by atoms with E-state index in [1.807, 2.05) is 6.92 Å². The number of nitrogens with one attached hydrogen (secondary N) is 1. The van der Waals surface area contributed by atoms with Crippen LogP contribution in [0.15, 0.2) is 0 Å². The SMILES string of the molecule is CCc1nnc(NC(=O)CCN2CCSC2=O)s1. The normalized spacial score (nSPS) is 15.2. The monoisotopic (exact) mass is 286 g/mol. The zero-order valence-electron chi connectivity index (χ0n) is 10.0. The van der Waals surface area contributed by atoms with Crippen molar-refractivity contribution in [2.24, 2.45) is 0 Å². The zero-order valence-corrected chi connectivity index (χ0v) is 11.6. The molecule has 1 saturated heterocycles. The Labute approximate surface area is 113 Å². The first-order valence-corrected chi connectivity index (χ1v) is 7.53. The maximum Gasteiger partial charge on any atom is 0.281 e. The zero-order chi connectivity index (χ0) is 13.0. The topological polar surface area (TPSA) is 75.2 Å². The molecule has 6 nitrogen and oxygen atoms in total. The van der Waals surface area contributed by atoms with Gasteiger partial charge in [-0.15, -0.1) is 10.2 Å². The summed E-state index contributed by atoms with van der Waals surface area (Å²) in [6.45, 7) is 3.19. The number of aromatic nitrogens is 2. The van der Waals surface area contributed by atoms with Crippen molar-refractivity contribution in [2.75, 3.05) is 24.2 Å². The summed E-state index contributed by atoms with van der Waals surface area (Å²) in [6, 6.07) is 0. The third-order valence-corrected chi connectivity index (χ3v) is 4.34. The summed E-state index contributed by atoms with van der Waals surface area (Å²) in [5, 5.41) is 12.0. The summed E-state index contributed by atoms with van der Waals surface area (Å²) in [5.41, 5.74) is 0. The number of carbonyl (C=O) groups is 2. The number of rotatable bonds is 5. The van der Waals surface area contributed by atoms with Gasteiger partial charge in [-0.1, -0.05) is 30.0 Å². The van der Waals surface area contributed by atoms with Crippen LogP contribution in [-0.2, 0) is 11.2 Å². The van der Waals surface area contributed by atoms with E-state index in [-0.39, 0.29) is 11.1 Å². The Kier molecular flexibility index (Phi) is 4.54. The Morgan fingerprint density at radius 3 is 2.94 bits per heavy atom. The standard InChI is InChI=1S/C10H14N4O2S2/c1-2-8-12-13-9(18-8)11-7(15)3-4-14-5-6-17-10(14)16/h2-6H2,1H3,(H,11,13,15). The molecule has 1 fully saturated rings. The molecule has 8 heteroatoms. The van der Waals surface area contributed by atoms with Crippen LogP contribution in [0, 0.1) is 0 Å². The minimum Gasteiger partial charge on any atom is -0.332 e. The number of aryl methyl sites for hydroxylation is 1. The van der Waals surface area contributed by atoms with E-state index >= 15 is 0 Å². The second kappa shape index (κ2) is 6.14. The minimum absolute atomic E-state index is 0.0620. The lowest BCUT2D eigenvalue weighted by molar-refractivity contribution is -0.116. The number of nitrogens with zero attached hydrogens (tertiary/aromatic N) is 3. The molecule has 0 aliphatic carbocycles. The van der Waals surface area contributed by atoms with Crippen LogP contribution in [-0.4, -0.2) is 45.1 Å². The van der Waals surface area contributed by atoms with Gasteiger partial charge >= 0.3 is 0 Å². The van der Waals surface area contributed by atoms with Crippen molar-refractivity contribution in [2.45, 2.75) is 19.8 Å². The molecule has 0 saturated carbocycles. The largest absolute Gasteiger partial charge is 0.332 e. The van der Waals surface area contributed by atoms with Gasteiger partial charge < -0.3 is 10.2 Å². The lowest BCUT2D eigenvalue weighted by atomic mass is 10.4. The molecular weight excluding hydrogens is 272 g/mol. The molecule has 18 heavy (non-hydrogen) atoms. The fourth-order valence-corrected chi connectivity index (χ4v) is 3.04. The first-order valence-electron chi connectivity index (χ1n) is 5.73. The van der Waals surface area contributed by atoms with Crippen LogP contribution in [0.3, 0.4) is 0 Å². The van der Waals surface area contributed by atoms with E-state index in [0.717, 1.165) is 23.7 Å². The van der Waals surface area contributed by atoms with Crippen molar-refractivity contribution in [3.8, 4) is 0 Å². The lowest BCUT2D eigenvalue weighted by Gasteiger charge is -2.13. The average molecular weight is 286 g/mol. The Morgan fingerprint density at radius 2 is 2.33 bits per heavy atom. The van der Waals surface area contributed by atoms with E-state index in [1.54, 1.807) is 4.90 Å². The van der Waals surface area contributed by atoms with Gasteiger partial charge in [0.25, 0.3) is 5.24 Å². The summed E-state index contributed by atoms with van der Waals surface area (Å²) < 4.78 is 0. The molecule has 1 aliphatic rings. The van der Waals surface area contributed by atoms with Crippen LogP contribution in [0.25, 0.3) is 0 Å². The molecule has 0 spiro atoms. The van der Waals surface area contributed by atoms with E-state index in [0.29, 0.717) is 18.1 Å². The van der Waals surface area contributed by atoms with Gasteiger partial charge in [-0.2, -0.15) is 0 Å². The van der Waals surface area contributed by atoms with E-state index in [1.165, 1.54) is 23.1 Å². The van der Waals surface area contributed by atoms with Crippen molar-refractivity contribution in [3.63, 3.8) is 0 Å². The molecule has 2 rings (SSSR count). The van der Waals surface area contributed by atoms with Gasteiger partial charge in [0.2, 0.25) is 11.0 Å². The first kappa shape index (κ1) is 13.3. The van der Waals surface area contributed by atoms with E-state index in [4.69, 9.17) is 0 Å². The molecule has 0 aromatic carbocycles. The molecule has 0 atom stereocenters. The molecular formula is C10H14N4O2S2. The number of amides is 2. The molecule has 2 heterocycles. The van der Waals surface area contributed by atoms with Gasteiger partial charge in [0.15, 0.2) is 0 Å². The Morgan fingerprint density at radius 1 is 1.50 bits per heavy atom. The van der Waals surface area contributed by atoms with Crippen LogP contribution in [0.5, 0.6) is 0 Å². The van der Waals surface area contributed by atoms with Crippen LogP contribution < -0.4 is 5.32 Å². The highest BCUT2D eigenvalue weighted by atomic mass is 32.2. The highest BCUT2D eigenvalue weighted by Crippen LogP contribution is 2.18. The Balaban J connectivity index is 1.76. The van der Waals surface area contributed by atoms with Crippen molar-refractivity contribution in [1.82, 2.24) is 15.1 Å². The predicted octanol–water partition coefficient (Wildman–Crippen LogP) is 1.60. The average Bonchev–Trinajstić information content (AvgIpc) is 2.96. The van der Waals surface area contributed by atoms with E-state index in [9.17, 15) is 9.59 Å². The summed E-state index contributed by atoms with van der Waals surface area (Å²) in [4.78, 5) is 24.7. The summed E-state index contributed by atoms with van der Waals surface area (Å²) in [6.07, 6.45) is 1.11. The maximum atomic E-state index is 11.7. The summed E-state index contributed by atoms with van der Waals surface area (Å²) in [7, 11) is 0. The van der Waals surface area contributed by atoms with Gasteiger partial charge in [0.1, 0.15) is 5.01 Å². The lowest BCUT2D eigenvalue weighted by Crippen LogP contribution is -2.27. The molecule has 1 aliphatic heterocycles. The van der Waals surface area contributed by atoms with Gasteiger partial charge in [0, 0.05) is 25.3 Å².